The number of likely N-dealkylation sites (tertiary alicyclic amines) is 2. The highest BCUT2D eigenvalue weighted by Gasteiger charge is 2.19. The van der Waals surface area contributed by atoms with Crippen molar-refractivity contribution in [1.82, 2.24) is 9.80 Å². The Morgan fingerprint density at radius 1 is 0.735 bits per heavy atom. The second-order valence-corrected chi connectivity index (χ2v) is 9.20. The van der Waals surface area contributed by atoms with Crippen LogP contribution < -0.4 is 0 Å². The van der Waals surface area contributed by atoms with Crippen molar-refractivity contribution in [3.8, 4) is 0 Å². The zero-order valence-electron chi connectivity index (χ0n) is 20.4. The molecule has 2 aromatic carbocycles. The van der Waals surface area contributed by atoms with E-state index < -0.39 is 5.97 Å². The monoisotopic (exact) mass is 488 g/mol. The van der Waals surface area contributed by atoms with Crippen molar-refractivity contribution in [2.45, 2.75) is 37.5 Å². The smallest absolute Gasteiger partial charge is 0.337 e. The van der Waals surface area contributed by atoms with Gasteiger partial charge in [-0.25, -0.2) is 9.59 Å². The van der Waals surface area contributed by atoms with Gasteiger partial charge < -0.3 is 19.6 Å². The maximum atomic E-state index is 11.3. The number of rotatable bonds is 4. The number of ether oxygens (including phenoxy) is 1. The van der Waals surface area contributed by atoms with Crippen LogP contribution in [-0.4, -0.2) is 74.2 Å². The molecular formula is C27H37ClN2O4. The van der Waals surface area contributed by atoms with Crippen molar-refractivity contribution in [2.75, 3.05) is 47.4 Å². The summed E-state index contributed by atoms with van der Waals surface area (Å²) in [5.74, 6) is 0.117. The predicted molar refractivity (Wildman–Crippen MR) is 137 cm³/mol. The van der Waals surface area contributed by atoms with Gasteiger partial charge in [0.2, 0.25) is 0 Å². The van der Waals surface area contributed by atoms with Crippen LogP contribution in [0.4, 0.5) is 0 Å². The lowest BCUT2D eigenvalue weighted by Gasteiger charge is -2.29. The van der Waals surface area contributed by atoms with Gasteiger partial charge in [-0.1, -0.05) is 24.3 Å². The molecule has 6 nitrogen and oxygen atoms in total. The van der Waals surface area contributed by atoms with Crippen LogP contribution in [0.5, 0.6) is 0 Å². The van der Waals surface area contributed by atoms with Crippen molar-refractivity contribution in [3.63, 3.8) is 0 Å². The molecule has 2 aromatic rings. The van der Waals surface area contributed by atoms with Gasteiger partial charge in [-0.2, -0.15) is 0 Å². The molecule has 7 heteroatoms. The molecule has 0 spiro atoms. The van der Waals surface area contributed by atoms with Gasteiger partial charge >= 0.3 is 11.9 Å². The first-order valence-corrected chi connectivity index (χ1v) is 11.8. The Kier molecular flexibility index (Phi) is 11.0. The topological polar surface area (TPSA) is 70.1 Å². The second kappa shape index (κ2) is 13.5. The minimum atomic E-state index is -0.852. The van der Waals surface area contributed by atoms with Gasteiger partial charge in [0.15, 0.2) is 0 Å². The fourth-order valence-electron chi connectivity index (χ4n) is 4.59. The minimum absolute atomic E-state index is 0. The Labute approximate surface area is 209 Å². The zero-order valence-corrected chi connectivity index (χ0v) is 21.2. The molecule has 2 aliphatic heterocycles. The maximum Gasteiger partial charge on any atom is 0.337 e. The number of methoxy groups -OCH3 is 1. The highest BCUT2D eigenvalue weighted by atomic mass is 35.5. The molecule has 4 rings (SSSR count). The fourth-order valence-corrected chi connectivity index (χ4v) is 4.59. The molecular weight excluding hydrogens is 452 g/mol. The molecule has 186 valence electrons. The average Bonchev–Trinajstić information content (AvgIpc) is 2.85. The number of aromatic carboxylic acids is 1. The number of benzene rings is 2. The van der Waals surface area contributed by atoms with Crippen LogP contribution in [0.15, 0.2) is 48.5 Å². The number of carboxylic acid groups (broad SMARTS) is 1. The average molecular weight is 489 g/mol. The third-order valence-corrected chi connectivity index (χ3v) is 6.87. The number of hydrogen-bond acceptors (Lipinski definition) is 5. The molecule has 2 fully saturated rings. The number of carbonyl (C=O) groups is 2. The largest absolute Gasteiger partial charge is 0.478 e. The SMILES string of the molecule is CN1CCC(c2ccc(C(=O)O)cc2)CC1.COC(=O)c1ccc(C2CCN(C)CC2)cc1.Cl. The number of carbonyl (C=O) groups excluding carboxylic acids is 1. The quantitative estimate of drug-likeness (QED) is 0.617. The van der Waals surface area contributed by atoms with Gasteiger partial charge in [0, 0.05) is 0 Å². The third kappa shape index (κ3) is 7.83. The molecule has 2 aliphatic rings. The lowest BCUT2D eigenvalue weighted by molar-refractivity contribution is 0.0599. The van der Waals surface area contributed by atoms with E-state index in [-0.39, 0.29) is 18.4 Å². The highest BCUT2D eigenvalue weighted by molar-refractivity contribution is 5.89. The van der Waals surface area contributed by atoms with E-state index in [9.17, 15) is 9.59 Å². The van der Waals surface area contributed by atoms with Crippen molar-refractivity contribution >= 4 is 24.3 Å². The van der Waals surface area contributed by atoms with Gasteiger partial charge in [-0.15, -0.1) is 12.4 Å². The molecule has 1 N–H and O–H groups in total. The van der Waals surface area contributed by atoms with Crippen LogP contribution in [0.25, 0.3) is 0 Å². The van der Waals surface area contributed by atoms with E-state index in [0.29, 0.717) is 23.0 Å². The van der Waals surface area contributed by atoms with Gasteiger partial charge in [-0.3, -0.25) is 0 Å². The molecule has 2 saturated heterocycles. The molecule has 0 atom stereocenters. The van der Waals surface area contributed by atoms with E-state index in [1.165, 1.54) is 43.9 Å². The Bertz CT molecular complexity index is 901. The van der Waals surface area contributed by atoms with E-state index in [1.807, 2.05) is 24.3 Å². The minimum Gasteiger partial charge on any atom is -0.478 e. The third-order valence-electron chi connectivity index (χ3n) is 6.87. The number of nitrogens with zero attached hydrogens (tertiary/aromatic N) is 2. The van der Waals surface area contributed by atoms with Gasteiger partial charge in [0.25, 0.3) is 0 Å². The normalized spacial score (nSPS) is 17.7. The standard InChI is InChI=1S/C14H19NO2.C13H17NO2.ClH/c1-15-9-7-12(8-10-15)11-3-5-13(6-4-11)14(16)17-2;1-14-8-6-11(7-9-14)10-2-4-12(5-3-10)13(15)16;/h3-6,12H,7-10H2,1-2H3;2-5,11H,6-9H2,1H3,(H,15,16);1H. The van der Waals surface area contributed by atoms with Crippen molar-refractivity contribution in [3.05, 3.63) is 70.8 Å². The summed E-state index contributed by atoms with van der Waals surface area (Å²) in [6.07, 6.45) is 4.74. The van der Waals surface area contributed by atoms with E-state index in [4.69, 9.17) is 9.84 Å². The number of piperidine rings is 2. The van der Waals surface area contributed by atoms with Crippen LogP contribution in [0.1, 0.15) is 69.4 Å². The maximum absolute atomic E-state index is 11.3. The molecule has 0 amide bonds. The van der Waals surface area contributed by atoms with Gasteiger partial charge in [0.05, 0.1) is 18.2 Å². The second-order valence-electron chi connectivity index (χ2n) is 9.20. The molecule has 2 heterocycles. The molecule has 0 saturated carbocycles. The summed E-state index contributed by atoms with van der Waals surface area (Å²) in [5, 5.41) is 8.81. The van der Waals surface area contributed by atoms with Crippen molar-refractivity contribution < 1.29 is 19.4 Å². The fraction of sp³-hybridized carbons (Fsp3) is 0.481. The van der Waals surface area contributed by atoms with Gasteiger partial charge in [-0.05, 0) is 113 Å². The number of halogens is 1. The van der Waals surface area contributed by atoms with Crippen LogP contribution in [-0.2, 0) is 4.74 Å². The zero-order chi connectivity index (χ0) is 23.8. The van der Waals surface area contributed by atoms with Crippen LogP contribution in [0, 0.1) is 0 Å². The van der Waals surface area contributed by atoms with Crippen LogP contribution >= 0.6 is 12.4 Å². The summed E-state index contributed by atoms with van der Waals surface area (Å²) in [5.41, 5.74) is 3.62. The summed E-state index contributed by atoms with van der Waals surface area (Å²) in [4.78, 5) is 26.7. The van der Waals surface area contributed by atoms with E-state index in [1.54, 1.807) is 12.1 Å². The summed E-state index contributed by atoms with van der Waals surface area (Å²) in [6, 6.07) is 15.2. The summed E-state index contributed by atoms with van der Waals surface area (Å²) in [6.45, 7) is 4.57. The molecule has 0 radical (unpaired) electrons. The predicted octanol–water partition coefficient (Wildman–Crippen LogP) is 4.90. The first kappa shape index (κ1) is 27.8. The molecule has 0 aromatic heterocycles. The highest BCUT2D eigenvalue weighted by Crippen LogP contribution is 2.28. The molecule has 34 heavy (non-hydrogen) atoms. The van der Waals surface area contributed by atoms with Crippen LogP contribution in [0.2, 0.25) is 0 Å². The van der Waals surface area contributed by atoms with Crippen molar-refractivity contribution in [1.29, 1.82) is 0 Å². The Morgan fingerprint density at radius 2 is 1.09 bits per heavy atom. The molecule has 0 aliphatic carbocycles. The lowest BCUT2D eigenvalue weighted by atomic mass is 9.89. The number of carboxylic acids is 1. The number of hydrogen-bond donors (Lipinski definition) is 1. The number of esters is 1. The van der Waals surface area contributed by atoms with E-state index in [2.05, 4.69) is 36.0 Å². The Hall–Kier alpha value is -2.41. The van der Waals surface area contributed by atoms with Gasteiger partial charge in [0.1, 0.15) is 0 Å². The van der Waals surface area contributed by atoms with E-state index >= 15 is 0 Å². The Balaban J connectivity index is 0.000000234. The first-order valence-electron chi connectivity index (χ1n) is 11.8. The molecule has 0 bridgehead atoms. The molecule has 0 unspecified atom stereocenters. The summed E-state index contributed by atoms with van der Waals surface area (Å²) >= 11 is 0. The summed E-state index contributed by atoms with van der Waals surface area (Å²) in [7, 11) is 5.72. The summed E-state index contributed by atoms with van der Waals surface area (Å²) < 4.78 is 4.69. The first-order chi connectivity index (χ1) is 15.9. The lowest BCUT2D eigenvalue weighted by Crippen LogP contribution is -2.29. The van der Waals surface area contributed by atoms with Crippen molar-refractivity contribution in [2.24, 2.45) is 0 Å². The van der Waals surface area contributed by atoms with E-state index in [0.717, 1.165) is 26.2 Å². The van der Waals surface area contributed by atoms with Crippen LogP contribution in [0.3, 0.4) is 0 Å². The Morgan fingerprint density at radius 3 is 1.41 bits per heavy atom.